The largest absolute Gasteiger partial charge is 0.481 e. The minimum atomic E-state index is -0.827. The Bertz CT molecular complexity index is 469. The number of benzene rings is 1. The van der Waals surface area contributed by atoms with Crippen LogP contribution >= 0.6 is 27.5 Å². The fraction of sp³-hybridized carbons (Fsp3) is 0.462. The number of carbonyl (C=O) groups is 1. The van der Waals surface area contributed by atoms with Crippen LogP contribution in [0.2, 0.25) is 5.02 Å². The van der Waals surface area contributed by atoms with E-state index >= 15 is 0 Å². The Hall–Kier alpha value is -0.620. The Morgan fingerprint density at radius 1 is 1.58 bits per heavy atom. The van der Waals surface area contributed by atoms with Crippen LogP contribution in [0.3, 0.4) is 0 Å². The average molecular weight is 349 g/mol. The monoisotopic (exact) mass is 347 g/mol. The molecule has 1 aromatic rings. The normalized spacial score (nSPS) is 20.4. The fourth-order valence-electron chi connectivity index (χ4n) is 2.15. The maximum Gasteiger partial charge on any atom is 0.306 e. The Balaban J connectivity index is 1.98. The molecule has 1 aromatic carbocycles. The number of morpholine rings is 1. The molecule has 0 saturated carbocycles. The molecule has 104 valence electrons. The Morgan fingerprint density at radius 2 is 2.37 bits per heavy atom. The summed E-state index contributed by atoms with van der Waals surface area (Å²) in [6.45, 7) is 2.68. The molecule has 0 bridgehead atoms. The molecule has 19 heavy (non-hydrogen) atoms. The van der Waals surface area contributed by atoms with E-state index in [1.165, 1.54) is 0 Å². The first-order valence-corrected chi connectivity index (χ1v) is 7.21. The summed E-state index contributed by atoms with van der Waals surface area (Å²) in [5, 5.41) is 9.52. The molecule has 0 amide bonds. The SMILES string of the molecule is O=C(O)CC1CN(Cc2cc(Br)ccc2Cl)CCO1. The van der Waals surface area contributed by atoms with Gasteiger partial charge in [0.15, 0.2) is 0 Å². The number of hydrogen-bond acceptors (Lipinski definition) is 3. The van der Waals surface area contributed by atoms with Crippen LogP contribution in [-0.4, -0.2) is 41.8 Å². The van der Waals surface area contributed by atoms with Crippen LogP contribution in [0.15, 0.2) is 22.7 Å². The predicted molar refractivity (Wildman–Crippen MR) is 76.4 cm³/mol. The molecule has 1 unspecified atom stereocenters. The van der Waals surface area contributed by atoms with Gasteiger partial charge in [-0.3, -0.25) is 9.69 Å². The van der Waals surface area contributed by atoms with Crippen molar-refractivity contribution in [2.75, 3.05) is 19.7 Å². The summed E-state index contributed by atoms with van der Waals surface area (Å²) in [5.74, 6) is -0.827. The highest BCUT2D eigenvalue weighted by atomic mass is 79.9. The molecule has 1 aliphatic rings. The predicted octanol–water partition coefficient (Wildman–Crippen LogP) is 2.78. The Labute approximate surface area is 125 Å². The van der Waals surface area contributed by atoms with Crippen LogP contribution in [0.4, 0.5) is 0 Å². The van der Waals surface area contributed by atoms with Crippen LogP contribution in [0, 0.1) is 0 Å². The lowest BCUT2D eigenvalue weighted by molar-refractivity contribution is -0.142. The smallest absolute Gasteiger partial charge is 0.306 e. The van der Waals surface area contributed by atoms with Crippen molar-refractivity contribution in [2.45, 2.75) is 19.1 Å². The first-order chi connectivity index (χ1) is 9.04. The van der Waals surface area contributed by atoms with Crippen molar-refractivity contribution in [3.05, 3.63) is 33.3 Å². The zero-order valence-corrected chi connectivity index (χ0v) is 12.7. The minimum absolute atomic E-state index is 0.0444. The highest BCUT2D eigenvalue weighted by molar-refractivity contribution is 9.10. The van der Waals surface area contributed by atoms with Gasteiger partial charge in [-0.25, -0.2) is 0 Å². The van der Waals surface area contributed by atoms with E-state index in [0.717, 1.165) is 21.6 Å². The third kappa shape index (κ3) is 4.45. The third-order valence-corrected chi connectivity index (χ3v) is 3.89. The lowest BCUT2D eigenvalue weighted by atomic mass is 10.1. The van der Waals surface area contributed by atoms with E-state index in [0.29, 0.717) is 19.7 Å². The number of nitrogens with zero attached hydrogens (tertiary/aromatic N) is 1. The van der Waals surface area contributed by atoms with Crippen molar-refractivity contribution in [3.63, 3.8) is 0 Å². The van der Waals surface area contributed by atoms with Gasteiger partial charge in [-0.2, -0.15) is 0 Å². The summed E-state index contributed by atoms with van der Waals surface area (Å²) >= 11 is 9.59. The van der Waals surface area contributed by atoms with Crippen molar-refractivity contribution in [1.29, 1.82) is 0 Å². The third-order valence-electron chi connectivity index (χ3n) is 3.03. The standard InChI is InChI=1S/C13H15BrClNO3/c14-10-1-2-12(15)9(5-10)7-16-3-4-19-11(8-16)6-13(17)18/h1-2,5,11H,3-4,6-8H2,(H,17,18). The van der Waals surface area contributed by atoms with E-state index in [1.54, 1.807) is 0 Å². The van der Waals surface area contributed by atoms with Gasteiger partial charge in [-0.1, -0.05) is 27.5 Å². The Morgan fingerprint density at radius 3 is 3.11 bits per heavy atom. The second-order valence-corrected chi connectivity index (χ2v) is 5.88. The van der Waals surface area contributed by atoms with Gasteiger partial charge < -0.3 is 9.84 Å². The van der Waals surface area contributed by atoms with Crippen LogP contribution in [-0.2, 0) is 16.1 Å². The highest BCUT2D eigenvalue weighted by Crippen LogP contribution is 2.23. The highest BCUT2D eigenvalue weighted by Gasteiger charge is 2.23. The van der Waals surface area contributed by atoms with Crippen LogP contribution in [0.5, 0.6) is 0 Å². The quantitative estimate of drug-likeness (QED) is 0.909. The zero-order chi connectivity index (χ0) is 13.8. The lowest BCUT2D eigenvalue weighted by Gasteiger charge is -2.32. The topological polar surface area (TPSA) is 49.8 Å². The van der Waals surface area contributed by atoms with E-state index in [9.17, 15) is 4.79 Å². The molecule has 1 saturated heterocycles. The van der Waals surface area contributed by atoms with E-state index < -0.39 is 5.97 Å². The van der Waals surface area contributed by atoms with E-state index in [2.05, 4.69) is 20.8 Å². The molecule has 6 heteroatoms. The molecule has 1 N–H and O–H groups in total. The van der Waals surface area contributed by atoms with Gasteiger partial charge in [0.25, 0.3) is 0 Å². The molecular weight excluding hydrogens is 334 g/mol. The molecule has 1 fully saturated rings. The summed E-state index contributed by atoms with van der Waals surface area (Å²) in [7, 11) is 0. The number of halogens is 2. The molecule has 2 rings (SSSR count). The summed E-state index contributed by atoms with van der Waals surface area (Å²) in [6.07, 6.45) is -0.194. The van der Waals surface area contributed by atoms with Crippen LogP contribution in [0.1, 0.15) is 12.0 Å². The molecule has 1 atom stereocenters. The van der Waals surface area contributed by atoms with Crippen molar-refractivity contribution < 1.29 is 14.6 Å². The molecule has 4 nitrogen and oxygen atoms in total. The molecule has 0 aliphatic carbocycles. The number of carboxylic acid groups (broad SMARTS) is 1. The molecule has 0 aromatic heterocycles. The maximum atomic E-state index is 10.7. The van der Waals surface area contributed by atoms with Crippen molar-refractivity contribution in [2.24, 2.45) is 0 Å². The summed E-state index contributed by atoms with van der Waals surface area (Å²) in [4.78, 5) is 12.9. The van der Waals surface area contributed by atoms with E-state index in [4.69, 9.17) is 21.4 Å². The maximum absolute atomic E-state index is 10.7. The van der Waals surface area contributed by atoms with Gasteiger partial charge in [0.1, 0.15) is 0 Å². The second-order valence-electron chi connectivity index (χ2n) is 4.56. The summed E-state index contributed by atoms with van der Waals surface area (Å²) in [5.41, 5.74) is 1.03. The zero-order valence-electron chi connectivity index (χ0n) is 10.3. The summed E-state index contributed by atoms with van der Waals surface area (Å²) < 4.78 is 6.43. The first kappa shape index (κ1) is 14.8. The van der Waals surface area contributed by atoms with Gasteiger partial charge in [-0.05, 0) is 23.8 Å². The lowest BCUT2D eigenvalue weighted by Crippen LogP contribution is -2.42. The minimum Gasteiger partial charge on any atom is -0.481 e. The first-order valence-electron chi connectivity index (χ1n) is 6.04. The van der Waals surface area contributed by atoms with Crippen molar-refractivity contribution in [3.8, 4) is 0 Å². The van der Waals surface area contributed by atoms with E-state index in [-0.39, 0.29) is 12.5 Å². The van der Waals surface area contributed by atoms with Gasteiger partial charge >= 0.3 is 5.97 Å². The van der Waals surface area contributed by atoms with Gasteiger partial charge in [0.2, 0.25) is 0 Å². The number of aliphatic carboxylic acids is 1. The van der Waals surface area contributed by atoms with Crippen LogP contribution in [0.25, 0.3) is 0 Å². The second kappa shape index (κ2) is 6.70. The number of hydrogen-bond donors (Lipinski definition) is 1. The van der Waals surface area contributed by atoms with Crippen molar-refractivity contribution in [1.82, 2.24) is 4.90 Å². The van der Waals surface area contributed by atoms with Gasteiger partial charge in [0.05, 0.1) is 19.1 Å². The molecule has 1 aliphatic heterocycles. The average Bonchev–Trinajstić information content (AvgIpc) is 2.33. The fourth-order valence-corrected chi connectivity index (χ4v) is 2.73. The molecule has 0 radical (unpaired) electrons. The molecule has 0 spiro atoms. The van der Waals surface area contributed by atoms with Crippen molar-refractivity contribution >= 4 is 33.5 Å². The summed E-state index contributed by atoms with van der Waals surface area (Å²) in [6, 6.07) is 5.75. The van der Waals surface area contributed by atoms with Gasteiger partial charge in [-0.15, -0.1) is 0 Å². The number of carboxylic acids is 1. The number of rotatable bonds is 4. The van der Waals surface area contributed by atoms with E-state index in [1.807, 2.05) is 18.2 Å². The molecular formula is C13H15BrClNO3. The van der Waals surface area contributed by atoms with Gasteiger partial charge in [0, 0.05) is 29.1 Å². The Kier molecular flexibility index (Phi) is 5.21. The molecule has 1 heterocycles. The number of ether oxygens (including phenoxy) is 1. The van der Waals surface area contributed by atoms with Crippen LogP contribution < -0.4 is 0 Å².